The lowest BCUT2D eigenvalue weighted by Gasteiger charge is -2.33. The van der Waals surface area contributed by atoms with Gasteiger partial charge in [0.15, 0.2) is 11.5 Å². The SMILES string of the molecule is C=CCn1c(=O)c2cnc(Nc3ccc4c(N5CCN(C)CC5)cn(C)c4c3)nc2n1-c1cccc(C(C)(C)O)n1. The summed E-state index contributed by atoms with van der Waals surface area (Å²) in [5, 5.41) is 15.4. The highest BCUT2D eigenvalue weighted by atomic mass is 16.3. The number of aryl methyl sites for hydroxylation is 1. The van der Waals surface area contributed by atoms with E-state index in [-0.39, 0.29) is 12.1 Å². The normalized spacial score (nSPS) is 14.7. The van der Waals surface area contributed by atoms with E-state index in [9.17, 15) is 9.90 Å². The molecule has 2 N–H and O–H groups in total. The Kier molecular flexibility index (Phi) is 6.63. The summed E-state index contributed by atoms with van der Waals surface area (Å²) in [7, 11) is 4.22. The lowest BCUT2D eigenvalue weighted by molar-refractivity contribution is 0.0738. The first kappa shape index (κ1) is 26.7. The van der Waals surface area contributed by atoms with E-state index in [0.717, 1.165) is 37.4 Å². The van der Waals surface area contributed by atoms with E-state index in [1.807, 2.05) is 6.07 Å². The molecule has 1 aliphatic rings. The molecule has 6 rings (SSSR count). The molecule has 41 heavy (non-hydrogen) atoms. The van der Waals surface area contributed by atoms with Crippen LogP contribution < -0.4 is 15.8 Å². The van der Waals surface area contributed by atoms with Crippen LogP contribution in [0.1, 0.15) is 19.5 Å². The van der Waals surface area contributed by atoms with Crippen LogP contribution in [0, 0.1) is 0 Å². The molecule has 212 valence electrons. The summed E-state index contributed by atoms with van der Waals surface area (Å²) in [6.07, 6.45) is 5.38. The Morgan fingerprint density at radius 3 is 2.59 bits per heavy atom. The molecule has 4 aromatic heterocycles. The fraction of sp³-hybridized carbons (Fsp3) is 0.333. The Morgan fingerprint density at radius 1 is 1.07 bits per heavy atom. The number of nitrogens with zero attached hydrogens (tertiary/aromatic N) is 8. The van der Waals surface area contributed by atoms with Gasteiger partial charge in [0.05, 0.1) is 23.4 Å². The third-order valence-corrected chi connectivity index (χ3v) is 7.63. The van der Waals surface area contributed by atoms with E-state index >= 15 is 0 Å². The lowest BCUT2D eigenvalue weighted by atomic mass is 10.1. The lowest BCUT2D eigenvalue weighted by Crippen LogP contribution is -2.44. The van der Waals surface area contributed by atoms with Gasteiger partial charge in [0, 0.05) is 56.7 Å². The van der Waals surface area contributed by atoms with Crippen LogP contribution in [0.3, 0.4) is 0 Å². The maximum absolute atomic E-state index is 13.3. The fourth-order valence-electron chi connectivity index (χ4n) is 5.36. The molecule has 0 bridgehead atoms. The molecular formula is C30H35N9O2. The average molecular weight is 554 g/mol. The van der Waals surface area contributed by atoms with Crippen molar-refractivity contribution in [1.82, 2.24) is 33.8 Å². The number of hydrogen-bond donors (Lipinski definition) is 2. The number of allylic oxidation sites excluding steroid dienone is 1. The third kappa shape index (κ3) is 4.87. The van der Waals surface area contributed by atoms with E-state index in [1.54, 1.807) is 42.8 Å². The Bertz CT molecular complexity index is 1820. The predicted molar refractivity (Wildman–Crippen MR) is 162 cm³/mol. The molecule has 0 unspecified atom stereocenters. The van der Waals surface area contributed by atoms with E-state index in [2.05, 4.69) is 68.7 Å². The molecule has 0 atom stereocenters. The fourth-order valence-corrected chi connectivity index (χ4v) is 5.36. The molecular weight excluding hydrogens is 518 g/mol. The molecule has 1 aliphatic heterocycles. The van der Waals surface area contributed by atoms with Gasteiger partial charge in [0.1, 0.15) is 11.0 Å². The van der Waals surface area contributed by atoms with Gasteiger partial charge in [0.2, 0.25) is 5.95 Å². The average Bonchev–Trinajstić information content (AvgIpc) is 3.42. The number of nitrogens with one attached hydrogen (secondary N) is 1. The van der Waals surface area contributed by atoms with Crippen molar-refractivity contribution < 1.29 is 5.11 Å². The molecule has 1 saturated heterocycles. The first-order chi connectivity index (χ1) is 19.6. The molecule has 5 heterocycles. The highest BCUT2D eigenvalue weighted by molar-refractivity contribution is 5.95. The number of aromatic nitrogens is 6. The zero-order valence-electron chi connectivity index (χ0n) is 23.9. The van der Waals surface area contributed by atoms with Crippen molar-refractivity contribution >= 4 is 39.3 Å². The van der Waals surface area contributed by atoms with Crippen molar-refractivity contribution in [2.24, 2.45) is 7.05 Å². The standard InChI is InChI=1S/C30H35N9O2/c1-6-12-38-28(40)22-18-31-29(34-27(22)39(38)26-9-7-8-25(33-26)30(2,3)41)32-20-10-11-21-23(17-20)36(5)19-24(21)37-15-13-35(4)14-16-37/h6-11,17-19,41H,1,12-16H2,2-5H3,(H,31,32,34). The van der Waals surface area contributed by atoms with Gasteiger partial charge in [-0.25, -0.2) is 19.3 Å². The summed E-state index contributed by atoms with van der Waals surface area (Å²) in [4.78, 5) is 32.0. The zero-order valence-corrected chi connectivity index (χ0v) is 23.9. The van der Waals surface area contributed by atoms with Gasteiger partial charge in [-0.3, -0.25) is 4.79 Å². The zero-order chi connectivity index (χ0) is 28.9. The minimum Gasteiger partial charge on any atom is -0.384 e. The van der Waals surface area contributed by atoms with Crippen molar-refractivity contribution in [2.75, 3.05) is 43.4 Å². The molecule has 0 aliphatic carbocycles. The van der Waals surface area contributed by atoms with Gasteiger partial charge >= 0.3 is 0 Å². The Balaban J connectivity index is 1.39. The van der Waals surface area contributed by atoms with Gasteiger partial charge in [-0.2, -0.15) is 4.98 Å². The molecule has 0 radical (unpaired) electrons. The first-order valence-corrected chi connectivity index (χ1v) is 13.7. The summed E-state index contributed by atoms with van der Waals surface area (Å²) in [6.45, 7) is 11.5. The summed E-state index contributed by atoms with van der Waals surface area (Å²) in [5.74, 6) is 0.818. The van der Waals surface area contributed by atoms with Crippen LogP contribution >= 0.6 is 0 Å². The van der Waals surface area contributed by atoms with Gasteiger partial charge in [-0.15, -0.1) is 6.58 Å². The number of piperazine rings is 1. The van der Waals surface area contributed by atoms with Crippen LogP contribution in [-0.2, 0) is 19.2 Å². The second kappa shape index (κ2) is 10.2. The predicted octanol–water partition coefficient (Wildman–Crippen LogP) is 3.38. The van der Waals surface area contributed by atoms with Crippen LogP contribution in [0.4, 0.5) is 17.3 Å². The Hall–Kier alpha value is -4.48. The number of benzene rings is 1. The molecule has 0 saturated carbocycles. The number of aliphatic hydroxyl groups is 1. The quantitative estimate of drug-likeness (QED) is 0.295. The molecule has 0 spiro atoms. The summed E-state index contributed by atoms with van der Waals surface area (Å²) < 4.78 is 5.32. The second-order valence-electron chi connectivity index (χ2n) is 11.1. The van der Waals surface area contributed by atoms with E-state index < -0.39 is 5.60 Å². The van der Waals surface area contributed by atoms with E-state index in [0.29, 0.717) is 28.5 Å². The monoisotopic (exact) mass is 553 g/mol. The van der Waals surface area contributed by atoms with Crippen molar-refractivity contribution in [1.29, 1.82) is 0 Å². The van der Waals surface area contributed by atoms with Gasteiger partial charge in [0.25, 0.3) is 5.56 Å². The van der Waals surface area contributed by atoms with Crippen molar-refractivity contribution in [3.8, 4) is 5.82 Å². The summed E-state index contributed by atoms with van der Waals surface area (Å²) in [5.41, 5.74) is 2.68. The van der Waals surface area contributed by atoms with Crippen LogP contribution in [-0.4, -0.2) is 72.1 Å². The van der Waals surface area contributed by atoms with E-state index in [4.69, 9.17) is 4.98 Å². The third-order valence-electron chi connectivity index (χ3n) is 7.63. The minimum absolute atomic E-state index is 0.247. The first-order valence-electron chi connectivity index (χ1n) is 13.7. The van der Waals surface area contributed by atoms with Crippen molar-refractivity contribution in [3.05, 3.63) is 77.5 Å². The minimum atomic E-state index is -1.15. The number of pyridine rings is 1. The maximum atomic E-state index is 13.3. The largest absolute Gasteiger partial charge is 0.384 e. The van der Waals surface area contributed by atoms with Crippen LogP contribution in [0.25, 0.3) is 27.8 Å². The van der Waals surface area contributed by atoms with Gasteiger partial charge in [-0.05, 0) is 51.2 Å². The Morgan fingerprint density at radius 2 is 1.85 bits per heavy atom. The van der Waals surface area contributed by atoms with Crippen molar-refractivity contribution in [2.45, 2.75) is 26.0 Å². The molecule has 0 amide bonds. The highest BCUT2D eigenvalue weighted by Crippen LogP contribution is 2.32. The number of likely N-dealkylation sites (N-methyl/N-ethyl adjacent to an activating group) is 1. The molecule has 1 fully saturated rings. The number of fused-ring (bicyclic) bond motifs is 2. The van der Waals surface area contributed by atoms with Gasteiger partial charge in [-0.1, -0.05) is 12.1 Å². The van der Waals surface area contributed by atoms with Crippen LogP contribution in [0.15, 0.2) is 66.2 Å². The molecule has 1 aromatic carbocycles. The van der Waals surface area contributed by atoms with Crippen molar-refractivity contribution in [3.63, 3.8) is 0 Å². The number of hydrogen-bond acceptors (Lipinski definition) is 8. The highest BCUT2D eigenvalue weighted by Gasteiger charge is 2.22. The van der Waals surface area contributed by atoms with E-state index in [1.165, 1.54) is 22.0 Å². The van der Waals surface area contributed by atoms with Gasteiger partial charge < -0.3 is 24.8 Å². The number of rotatable bonds is 7. The molecule has 11 nitrogen and oxygen atoms in total. The summed E-state index contributed by atoms with van der Waals surface area (Å²) >= 11 is 0. The summed E-state index contributed by atoms with van der Waals surface area (Å²) in [6, 6.07) is 11.6. The smallest absolute Gasteiger partial charge is 0.278 e. The maximum Gasteiger partial charge on any atom is 0.278 e. The molecule has 5 aromatic rings. The molecule has 11 heteroatoms. The topological polar surface area (TPSA) is 109 Å². The second-order valence-corrected chi connectivity index (χ2v) is 11.1. The van der Waals surface area contributed by atoms with Crippen LogP contribution in [0.2, 0.25) is 0 Å². The number of anilines is 3. The van der Waals surface area contributed by atoms with Crippen LogP contribution in [0.5, 0.6) is 0 Å². The Labute approximate surface area is 238 Å².